The van der Waals surface area contributed by atoms with Gasteiger partial charge in [0.05, 0.1) is 11.4 Å². The molecule has 0 bridgehead atoms. The summed E-state index contributed by atoms with van der Waals surface area (Å²) in [5, 5.41) is 13.0. The van der Waals surface area contributed by atoms with Gasteiger partial charge in [-0.3, -0.25) is 0 Å². The number of benzene rings is 1. The first-order valence-corrected chi connectivity index (χ1v) is 7.41. The fourth-order valence-electron chi connectivity index (χ4n) is 2.32. The van der Waals surface area contributed by atoms with Crippen LogP contribution in [-0.4, -0.2) is 9.97 Å². The van der Waals surface area contributed by atoms with Gasteiger partial charge < -0.3 is 5.32 Å². The summed E-state index contributed by atoms with van der Waals surface area (Å²) in [7, 11) is 0. The van der Waals surface area contributed by atoms with Crippen LogP contribution in [0.5, 0.6) is 0 Å². The molecule has 0 saturated carbocycles. The number of nitrogens with one attached hydrogen (secondary N) is 1. The quantitative estimate of drug-likeness (QED) is 0.674. The van der Waals surface area contributed by atoms with Crippen molar-refractivity contribution in [1.29, 1.82) is 5.26 Å². The number of allylic oxidation sites excluding steroid dienone is 4. The summed E-state index contributed by atoms with van der Waals surface area (Å²) in [5.41, 5.74) is 4.42. The number of aryl methyl sites for hydroxylation is 1. The average molecular weight is 321 g/mol. The van der Waals surface area contributed by atoms with Gasteiger partial charge in [-0.1, -0.05) is 36.4 Å². The highest BCUT2D eigenvalue weighted by Gasteiger charge is 2.15. The van der Waals surface area contributed by atoms with Gasteiger partial charge >= 0.3 is 0 Å². The van der Waals surface area contributed by atoms with Crippen molar-refractivity contribution in [2.45, 2.75) is 6.92 Å². The number of hydrogen-bond donors (Lipinski definition) is 1. The summed E-state index contributed by atoms with van der Waals surface area (Å²) >= 11 is 5.88. The summed E-state index contributed by atoms with van der Waals surface area (Å²) in [5.74, 6) is 0. The molecule has 0 spiro atoms. The van der Waals surface area contributed by atoms with Crippen LogP contribution in [0.1, 0.15) is 16.8 Å². The van der Waals surface area contributed by atoms with Crippen LogP contribution in [0, 0.1) is 18.3 Å². The maximum atomic E-state index is 9.60. The fraction of sp³-hybridized carbons (Fsp3) is 0.0556. The fourth-order valence-corrected chi connectivity index (χ4v) is 2.45. The highest BCUT2D eigenvalue weighted by Crippen LogP contribution is 2.24. The molecule has 1 aromatic heterocycles. The Labute approximate surface area is 139 Å². The van der Waals surface area contributed by atoms with E-state index in [1.54, 1.807) is 6.20 Å². The number of nitrogens with zero attached hydrogens (tertiary/aromatic N) is 3. The molecule has 0 atom stereocenters. The van der Waals surface area contributed by atoms with Gasteiger partial charge in [0.25, 0.3) is 0 Å². The first-order valence-electron chi connectivity index (χ1n) is 7.03. The van der Waals surface area contributed by atoms with Gasteiger partial charge in [-0.25, -0.2) is 9.97 Å². The first kappa shape index (κ1) is 15.0. The Balaban J connectivity index is 2.04. The Kier molecular flexibility index (Phi) is 4.22. The lowest BCUT2D eigenvalue weighted by Crippen LogP contribution is -2.15. The SMILES string of the molecule is Cc1cnc(Cl)nc1/C(C#N)=C1\C=CC=C(c2ccccc2)N1. The van der Waals surface area contributed by atoms with Crippen LogP contribution in [0.2, 0.25) is 5.28 Å². The predicted molar refractivity (Wildman–Crippen MR) is 91.0 cm³/mol. The highest BCUT2D eigenvalue weighted by molar-refractivity contribution is 6.28. The van der Waals surface area contributed by atoms with E-state index in [9.17, 15) is 5.26 Å². The van der Waals surface area contributed by atoms with Gasteiger partial charge in [-0.05, 0) is 41.8 Å². The Hall–Kier alpha value is -2.90. The van der Waals surface area contributed by atoms with Crippen molar-refractivity contribution in [3.8, 4) is 6.07 Å². The molecule has 5 heteroatoms. The van der Waals surface area contributed by atoms with Crippen LogP contribution in [0.15, 0.2) is 60.5 Å². The molecular weight excluding hydrogens is 308 g/mol. The summed E-state index contributed by atoms with van der Waals surface area (Å²) < 4.78 is 0. The van der Waals surface area contributed by atoms with Gasteiger partial charge in [-0.2, -0.15) is 5.26 Å². The van der Waals surface area contributed by atoms with Crippen molar-refractivity contribution >= 4 is 22.9 Å². The molecule has 112 valence electrons. The number of nitriles is 1. The average Bonchev–Trinajstić information content (AvgIpc) is 2.60. The molecule has 2 heterocycles. The number of halogens is 1. The van der Waals surface area contributed by atoms with Crippen LogP contribution < -0.4 is 5.32 Å². The van der Waals surface area contributed by atoms with Crippen molar-refractivity contribution in [3.63, 3.8) is 0 Å². The standard InChI is InChI=1S/C18H13ClN4/c1-12-11-21-18(19)23-17(12)14(10-20)16-9-5-8-15(22-16)13-6-3-2-4-7-13/h2-9,11,22H,1H3/b16-14+. The topological polar surface area (TPSA) is 61.6 Å². The van der Waals surface area contributed by atoms with E-state index >= 15 is 0 Å². The third-order valence-corrected chi connectivity index (χ3v) is 3.62. The molecule has 3 rings (SSSR count). The molecule has 0 aliphatic carbocycles. The van der Waals surface area contributed by atoms with E-state index in [0.717, 1.165) is 16.8 Å². The Bertz CT molecular complexity index is 874. The van der Waals surface area contributed by atoms with E-state index in [1.807, 2.05) is 55.5 Å². The van der Waals surface area contributed by atoms with Crippen LogP contribution in [0.4, 0.5) is 0 Å². The van der Waals surface area contributed by atoms with Gasteiger partial charge in [0.15, 0.2) is 0 Å². The second-order valence-electron chi connectivity index (χ2n) is 5.00. The maximum Gasteiger partial charge on any atom is 0.222 e. The zero-order valence-electron chi connectivity index (χ0n) is 12.4. The molecule has 23 heavy (non-hydrogen) atoms. The van der Waals surface area contributed by atoms with Crippen molar-refractivity contribution in [1.82, 2.24) is 15.3 Å². The molecular formula is C18H13ClN4. The largest absolute Gasteiger partial charge is 0.354 e. The molecule has 4 nitrogen and oxygen atoms in total. The van der Waals surface area contributed by atoms with Crippen LogP contribution in [0.25, 0.3) is 11.3 Å². The normalized spacial score (nSPS) is 15.4. The Morgan fingerprint density at radius 3 is 2.78 bits per heavy atom. The number of aromatic nitrogens is 2. The van der Waals surface area contributed by atoms with E-state index in [2.05, 4.69) is 21.4 Å². The van der Waals surface area contributed by atoms with Crippen LogP contribution in [-0.2, 0) is 0 Å². The van der Waals surface area contributed by atoms with E-state index in [-0.39, 0.29) is 5.28 Å². The third kappa shape index (κ3) is 3.15. The molecule has 0 unspecified atom stereocenters. The third-order valence-electron chi connectivity index (χ3n) is 3.44. The van der Waals surface area contributed by atoms with Gasteiger partial charge in [0.1, 0.15) is 11.6 Å². The lowest BCUT2D eigenvalue weighted by Gasteiger charge is -2.17. The molecule has 1 aliphatic rings. The van der Waals surface area contributed by atoms with Gasteiger partial charge in [-0.15, -0.1) is 0 Å². The van der Waals surface area contributed by atoms with Crippen LogP contribution in [0.3, 0.4) is 0 Å². The van der Waals surface area contributed by atoms with Gasteiger partial charge in [0.2, 0.25) is 5.28 Å². The molecule has 2 aromatic rings. The summed E-state index contributed by atoms with van der Waals surface area (Å²) in [6.07, 6.45) is 7.33. The lowest BCUT2D eigenvalue weighted by molar-refractivity contribution is 1.08. The van der Waals surface area contributed by atoms with E-state index < -0.39 is 0 Å². The van der Waals surface area contributed by atoms with Crippen molar-refractivity contribution < 1.29 is 0 Å². The Morgan fingerprint density at radius 1 is 1.26 bits per heavy atom. The summed E-state index contributed by atoms with van der Waals surface area (Å²) in [6, 6.07) is 12.1. The van der Waals surface area contributed by atoms with Crippen molar-refractivity contribution in [2.75, 3.05) is 0 Å². The molecule has 0 amide bonds. The number of rotatable bonds is 2. The van der Waals surface area contributed by atoms with Gasteiger partial charge in [0, 0.05) is 11.9 Å². The molecule has 1 aromatic carbocycles. The predicted octanol–water partition coefficient (Wildman–Crippen LogP) is 3.87. The first-order chi connectivity index (χ1) is 11.2. The molecule has 0 saturated heterocycles. The van der Waals surface area contributed by atoms with Crippen LogP contribution >= 0.6 is 11.6 Å². The monoisotopic (exact) mass is 320 g/mol. The zero-order valence-corrected chi connectivity index (χ0v) is 13.2. The second-order valence-corrected chi connectivity index (χ2v) is 5.34. The molecule has 0 radical (unpaired) electrons. The minimum Gasteiger partial charge on any atom is -0.354 e. The minimum atomic E-state index is 0.123. The molecule has 1 aliphatic heterocycles. The molecule has 1 N–H and O–H groups in total. The van der Waals surface area contributed by atoms with E-state index in [0.29, 0.717) is 17.0 Å². The minimum absolute atomic E-state index is 0.123. The maximum absolute atomic E-state index is 9.60. The number of hydrogen-bond acceptors (Lipinski definition) is 4. The smallest absolute Gasteiger partial charge is 0.222 e. The second kappa shape index (κ2) is 6.47. The Morgan fingerprint density at radius 2 is 2.04 bits per heavy atom. The zero-order chi connectivity index (χ0) is 16.2. The summed E-state index contributed by atoms with van der Waals surface area (Å²) in [4.78, 5) is 8.13. The highest BCUT2D eigenvalue weighted by atomic mass is 35.5. The summed E-state index contributed by atoms with van der Waals surface area (Å²) in [6.45, 7) is 1.85. The number of dihydropyridines is 1. The van der Waals surface area contributed by atoms with E-state index in [1.165, 1.54) is 0 Å². The van der Waals surface area contributed by atoms with E-state index in [4.69, 9.17) is 11.6 Å². The lowest BCUT2D eigenvalue weighted by atomic mass is 10.0. The van der Waals surface area contributed by atoms with Crippen molar-refractivity contribution in [3.05, 3.63) is 82.6 Å². The molecule has 0 fully saturated rings. The van der Waals surface area contributed by atoms with Crippen molar-refractivity contribution in [2.24, 2.45) is 0 Å².